The van der Waals surface area contributed by atoms with Gasteiger partial charge in [-0.25, -0.2) is 0 Å². The standard InChI is InChI=1S/C65H110O6/c1-4-7-10-13-16-19-22-25-28-31-32-35-37-40-43-46-49-52-55-58-64(67)70-61-62(71-65(68)59-56-53-50-47-44-41-38-34-30-27-24-21-18-15-12-9-6-3)60-69-63(66)57-54-51-48-45-42-39-36-33-29-26-23-20-17-14-11-8-5-2/h7,10,13,16,19,22,25,27-28,30-32,35,37,40,43,62H,4-6,8-9,11-12,14-15,17-18,20-21,23-24,26,29,33-34,36,38-39,41-42,44-61H2,1-3H3/b10-7-,16-13-,22-19-,28-25-,30-27-,32-31+,37-35-,43-40-. The van der Waals surface area contributed by atoms with Crippen LogP contribution in [-0.4, -0.2) is 37.2 Å². The fourth-order valence-electron chi connectivity index (χ4n) is 8.30. The van der Waals surface area contributed by atoms with Crippen LogP contribution >= 0.6 is 0 Å². The summed E-state index contributed by atoms with van der Waals surface area (Å²) in [6, 6.07) is 0. The van der Waals surface area contributed by atoms with E-state index >= 15 is 0 Å². The summed E-state index contributed by atoms with van der Waals surface area (Å²) in [5.41, 5.74) is 0. The topological polar surface area (TPSA) is 78.9 Å². The molecule has 1 atom stereocenters. The fraction of sp³-hybridized carbons (Fsp3) is 0.708. The zero-order chi connectivity index (χ0) is 51.4. The van der Waals surface area contributed by atoms with Crippen molar-refractivity contribution in [3.63, 3.8) is 0 Å². The van der Waals surface area contributed by atoms with Crippen LogP contribution in [0.5, 0.6) is 0 Å². The zero-order valence-electron chi connectivity index (χ0n) is 46.5. The van der Waals surface area contributed by atoms with Gasteiger partial charge in [0, 0.05) is 19.3 Å². The third-order valence-electron chi connectivity index (χ3n) is 12.8. The number of ether oxygens (including phenoxy) is 3. The molecule has 0 aromatic carbocycles. The maximum absolute atomic E-state index is 12.9. The van der Waals surface area contributed by atoms with E-state index in [2.05, 4.69) is 45.1 Å². The van der Waals surface area contributed by atoms with Crippen LogP contribution in [0.3, 0.4) is 0 Å². The normalized spacial score (nSPS) is 12.8. The number of carbonyl (C=O) groups is 3. The first-order valence-electron chi connectivity index (χ1n) is 29.8. The van der Waals surface area contributed by atoms with E-state index in [1.807, 2.05) is 72.9 Å². The summed E-state index contributed by atoms with van der Waals surface area (Å²) < 4.78 is 16.9. The number of rotatable bonds is 53. The summed E-state index contributed by atoms with van der Waals surface area (Å²) in [6.45, 7) is 6.47. The summed E-state index contributed by atoms with van der Waals surface area (Å²) in [7, 11) is 0. The molecule has 6 heteroatoms. The van der Waals surface area contributed by atoms with Gasteiger partial charge >= 0.3 is 17.9 Å². The number of allylic oxidation sites excluding steroid dienone is 16. The van der Waals surface area contributed by atoms with Gasteiger partial charge in [0.15, 0.2) is 6.10 Å². The predicted molar refractivity (Wildman–Crippen MR) is 307 cm³/mol. The van der Waals surface area contributed by atoms with Gasteiger partial charge in [0.1, 0.15) is 13.2 Å². The average Bonchev–Trinajstić information content (AvgIpc) is 3.37. The van der Waals surface area contributed by atoms with Gasteiger partial charge in [-0.15, -0.1) is 0 Å². The third-order valence-corrected chi connectivity index (χ3v) is 12.8. The molecule has 0 aromatic heterocycles. The molecule has 0 saturated carbocycles. The highest BCUT2D eigenvalue weighted by molar-refractivity contribution is 5.71. The minimum absolute atomic E-state index is 0.0924. The van der Waals surface area contributed by atoms with Crippen LogP contribution < -0.4 is 0 Å². The highest BCUT2D eigenvalue weighted by Crippen LogP contribution is 2.16. The quantitative estimate of drug-likeness (QED) is 0.0199. The van der Waals surface area contributed by atoms with Crippen LogP contribution in [0, 0.1) is 0 Å². The first-order valence-corrected chi connectivity index (χ1v) is 29.8. The van der Waals surface area contributed by atoms with Crippen molar-refractivity contribution >= 4 is 17.9 Å². The third kappa shape index (κ3) is 57.1. The van der Waals surface area contributed by atoms with E-state index in [0.29, 0.717) is 19.3 Å². The second-order valence-electron chi connectivity index (χ2n) is 19.7. The van der Waals surface area contributed by atoms with Crippen molar-refractivity contribution < 1.29 is 28.6 Å². The first-order chi connectivity index (χ1) is 35.0. The van der Waals surface area contributed by atoms with Crippen LogP contribution in [0.4, 0.5) is 0 Å². The Kier molecular flexibility index (Phi) is 55.9. The molecular weight excluding hydrogens is 877 g/mol. The Balaban J connectivity index is 4.48. The summed E-state index contributed by atoms with van der Waals surface area (Å²) in [6.07, 6.45) is 78.2. The number of carbonyl (C=O) groups excluding carboxylic acids is 3. The summed E-state index contributed by atoms with van der Waals surface area (Å²) >= 11 is 0. The Hall–Kier alpha value is -3.67. The first kappa shape index (κ1) is 67.3. The molecule has 0 aliphatic carbocycles. The maximum atomic E-state index is 12.9. The molecule has 6 nitrogen and oxygen atoms in total. The van der Waals surface area contributed by atoms with E-state index in [1.165, 1.54) is 167 Å². The Bertz CT molecular complexity index is 1410. The lowest BCUT2D eigenvalue weighted by Gasteiger charge is -2.18. The van der Waals surface area contributed by atoms with Crippen molar-refractivity contribution in [1.82, 2.24) is 0 Å². The van der Waals surface area contributed by atoms with Crippen molar-refractivity contribution in [2.45, 2.75) is 284 Å². The Morgan fingerprint density at radius 1 is 0.296 bits per heavy atom. The van der Waals surface area contributed by atoms with Gasteiger partial charge in [-0.2, -0.15) is 0 Å². The highest BCUT2D eigenvalue weighted by atomic mass is 16.6. The number of hydrogen-bond acceptors (Lipinski definition) is 6. The van der Waals surface area contributed by atoms with Gasteiger partial charge in [0.25, 0.3) is 0 Å². The molecule has 0 rings (SSSR count). The Morgan fingerprint density at radius 2 is 0.563 bits per heavy atom. The molecule has 0 saturated heterocycles. The lowest BCUT2D eigenvalue weighted by molar-refractivity contribution is -0.167. The molecule has 0 fully saturated rings. The number of esters is 3. The maximum Gasteiger partial charge on any atom is 0.306 e. The van der Waals surface area contributed by atoms with Crippen molar-refractivity contribution in [3.8, 4) is 0 Å². The molecule has 1 unspecified atom stereocenters. The zero-order valence-corrected chi connectivity index (χ0v) is 46.5. The molecule has 0 amide bonds. The second-order valence-corrected chi connectivity index (χ2v) is 19.7. The molecule has 0 bridgehead atoms. The fourth-order valence-corrected chi connectivity index (χ4v) is 8.30. The van der Waals surface area contributed by atoms with Crippen molar-refractivity contribution in [2.75, 3.05) is 13.2 Å². The Labute approximate surface area is 438 Å². The minimum Gasteiger partial charge on any atom is -0.462 e. The molecule has 0 aliphatic rings. The molecule has 71 heavy (non-hydrogen) atoms. The van der Waals surface area contributed by atoms with Crippen molar-refractivity contribution in [2.24, 2.45) is 0 Å². The van der Waals surface area contributed by atoms with Crippen molar-refractivity contribution in [3.05, 3.63) is 97.2 Å². The smallest absolute Gasteiger partial charge is 0.306 e. The number of hydrogen-bond donors (Lipinski definition) is 0. The minimum atomic E-state index is -0.799. The molecule has 0 spiro atoms. The SMILES string of the molecule is CC\C=C/C=C\C=C/C=C\C=C\C=C/C=C\CCCCCC(=O)OCC(COC(=O)CCCCCCCCCCCCCCCCCCC)OC(=O)CCCCCCCCC/C=C\CCCCCCCC. The van der Waals surface area contributed by atoms with E-state index in [0.717, 1.165) is 70.6 Å². The van der Waals surface area contributed by atoms with E-state index in [9.17, 15) is 14.4 Å². The lowest BCUT2D eigenvalue weighted by atomic mass is 10.0. The molecule has 0 aromatic rings. The van der Waals surface area contributed by atoms with Crippen LogP contribution in [0.1, 0.15) is 278 Å². The van der Waals surface area contributed by atoms with Gasteiger partial charge < -0.3 is 14.2 Å². The molecule has 0 aliphatic heterocycles. The van der Waals surface area contributed by atoms with Gasteiger partial charge in [-0.05, 0) is 64.2 Å². The largest absolute Gasteiger partial charge is 0.462 e. The van der Waals surface area contributed by atoms with E-state index < -0.39 is 6.10 Å². The van der Waals surface area contributed by atoms with Crippen molar-refractivity contribution in [1.29, 1.82) is 0 Å². The van der Waals surface area contributed by atoms with Crippen LogP contribution in [-0.2, 0) is 28.6 Å². The van der Waals surface area contributed by atoms with E-state index in [1.54, 1.807) is 0 Å². The van der Waals surface area contributed by atoms with Gasteiger partial charge in [0.05, 0.1) is 0 Å². The summed E-state index contributed by atoms with van der Waals surface area (Å²) in [5, 5.41) is 0. The molecule has 0 heterocycles. The highest BCUT2D eigenvalue weighted by Gasteiger charge is 2.19. The van der Waals surface area contributed by atoms with E-state index in [-0.39, 0.29) is 31.1 Å². The van der Waals surface area contributed by atoms with Gasteiger partial charge in [0.2, 0.25) is 0 Å². The van der Waals surface area contributed by atoms with Gasteiger partial charge in [-0.3, -0.25) is 14.4 Å². The van der Waals surface area contributed by atoms with Gasteiger partial charge in [-0.1, -0.05) is 291 Å². The number of unbranched alkanes of at least 4 members (excludes halogenated alkanes) is 32. The van der Waals surface area contributed by atoms with E-state index in [4.69, 9.17) is 14.2 Å². The predicted octanol–water partition coefficient (Wildman–Crippen LogP) is 20.1. The monoisotopic (exact) mass is 987 g/mol. The molecule has 0 radical (unpaired) electrons. The Morgan fingerprint density at radius 3 is 0.915 bits per heavy atom. The van der Waals surface area contributed by atoms with Crippen LogP contribution in [0.2, 0.25) is 0 Å². The second kappa shape index (κ2) is 58.9. The average molecular weight is 988 g/mol. The summed E-state index contributed by atoms with van der Waals surface area (Å²) in [4.78, 5) is 38.2. The van der Waals surface area contributed by atoms with Crippen LogP contribution in [0.25, 0.3) is 0 Å². The lowest BCUT2D eigenvalue weighted by Crippen LogP contribution is -2.30. The molecular formula is C65H110O6. The molecule has 406 valence electrons. The summed E-state index contributed by atoms with van der Waals surface area (Å²) in [5.74, 6) is -0.935. The van der Waals surface area contributed by atoms with Crippen LogP contribution in [0.15, 0.2) is 97.2 Å². The molecule has 0 N–H and O–H groups in total.